The van der Waals surface area contributed by atoms with Crippen molar-refractivity contribution in [3.8, 4) is 0 Å². The lowest BCUT2D eigenvalue weighted by molar-refractivity contribution is 0.248. The maximum atomic E-state index is 12.0. The highest BCUT2D eigenvalue weighted by molar-refractivity contribution is 5.89. The van der Waals surface area contributed by atoms with Gasteiger partial charge in [0.25, 0.3) is 0 Å². The van der Waals surface area contributed by atoms with Crippen LogP contribution in [0.2, 0.25) is 0 Å². The Hall–Kier alpha value is -1.55. The standard InChI is InChI=1S/C18H29N3O/c1-3-5-14(2)16-6-4-7-17(12-16)21-18(22)20-13-15-8-10-19-11-9-15/h4,6-7,12,14-15,19H,3,5,8-11,13H2,1-2H3,(H2,20,21,22). The SMILES string of the molecule is CCCC(C)c1cccc(NC(=O)NCC2CCNCC2)c1. The second-order valence-electron chi connectivity index (χ2n) is 6.34. The zero-order valence-corrected chi connectivity index (χ0v) is 13.8. The zero-order chi connectivity index (χ0) is 15.8. The Bertz CT molecular complexity index is 469. The summed E-state index contributed by atoms with van der Waals surface area (Å²) in [5, 5.41) is 9.29. The summed E-state index contributed by atoms with van der Waals surface area (Å²) in [5.41, 5.74) is 2.17. The average Bonchev–Trinajstić information content (AvgIpc) is 2.54. The molecular weight excluding hydrogens is 274 g/mol. The summed E-state index contributed by atoms with van der Waals surface area (Å²) in [6.45, 7) is 7.32. The number of anilines is 1. The van der Waals surface area contributed by atoms with Gasteiger partial charge in [0.1, 0.15) is 0 Å². The van der Waals surface area contributed by atoms with Gasteiger partial charge in [-0.1, -0.05) is 32.4 Å². The minimum absolute atomic E-state index is 0.0983. The largest absolute Gasteiger partial charge is 0.338 e. The van der Waals surface area contributed by atoms with Crippen molar-refractivity contribution < 1.29 is 4.79 Å². The molecule has 0 spiro atoms. The van der Waals surface area contributed by atoms with Crippen molar-refractivity contribution in [2.75, 3.05) is 25.0 Å². The second kappa shape index (κ2) is 8.79. The third kappa shape index (κ3) is 5.34. The van der Waals surface area contributed by atoms with Crippen molar-refractivity contribution in [1.29, 1.82) is 0 Å². The summed E-state index contributed by atoms with van der Waals surface area (Å²) < 4.78 is 0. The lowest BCUT2D eigenvalue weighted by atomic mass is 9.96. The molecule has 2 rings (SSSR count). The van der Waals surface area contributed by atoms with E-state index >= 15 is 0 Å². The van der Waals surface area contributed by atoms with Gasteiger partial charge in [-0.2, -0.15) is 0 Å². The van der Waals surface area contributed by atoms with Crippen LogP contribution in [-0.2, 0) is 0 Å². The summed E-state index contributed by atoms with van der Waals surface area (Å²) in [7, 11) is 0. The molecule has 0 aliphatic carbocycles. The molecule has 1 atom stereocenters. The fraction of sp³-hybridized carbons (Fsp3) is 0.611. The lowest BCUT2D eigenvalue weighted by Crippen LogP contribution is -2.37. The Morgan fingerprint density at radius 3 is 2.86 bits per heavy atom. The topological polar surface area (TPSA) is 53.2 Å². The number of nitrogens with one attached hydrogen (secondary N) is 3. The number of hydrogen-bond acceptors (Lipinski definition) is 2. The van der Waals surface area contributed by atoms with Gasteiger partial charge >= 0.3 is 6.03 Å². The van der Waals surface area contributed by atoms with Crippen molar-refractivity contribution >= 4 is 11.7 Å². The minimum atomic E-state index is -0.0983. The summed E-state index contributed by atoms with van der Waals surface area (Å²) in [4.78, 5) is 12.0. The van der Waals surface area contributed by atoms with Gasteiger partial charge < -0.3 is 16.0 Å². The van der Waals surface area contributed by atoms with Crippen LogP contribution in [-0.4, -0.2) is 25.7 Å². The van der Waals surface area contributed by atoms with Crippen LogP contribution in [0.1, 0.15) is 51.0 Å². The smallest absolute Gasteiger partial charge is 0.319 e. The first-order valence-electron chi connectivity index (χ1n) is 8.54. The number of rotatable bonds is 6. The molecule has 0 radical (unpaired) electrons. The van der Waals surface area contributed by atoms with Crippen molar-refractivity contribution in [3.63, 3.8) is 0 Å². The van der Waals surface area contributed by atoms with E-state index in [2.05, 4.69) is 41.9 Å². The normalized spacial score (nSPS) is 17.0. The summed E-state index contributed by atoms with van der Waals surface area (Å²) in [6, 6.07) is 8.10. The average molecular weight is 303 g/mol. The molecule has 3 N–H and O–H groups in total. The highest BCUT2D eigenvalue weighted by Crippen LogP contribution is 2.23. The third-order valence-corrected chi connectivity index (χ3v) is 4.45. The predicted octanol–water partition coefficient (Wildman–Crippen LogP) is 3.71. The Kier molecular flexibility index (Phi) is 6.72. The van der Waals surface area contributed by atoms with Gasteiger partial charge in [0, 0.05) is 12.2 Å². The van der Waals surface area contributed by atoms with Gasteiger partial charge in [-0.25, -0.2) is 4.79 Å². The molecule has 1 aromatic carbocycles. The predicted molar refractivity (Wildman–Crippen MR) is 92.4 cm³/mol. The molecule has 1 aliphatic rings. The van der Waals surface area contributed by atoms with Crippen molar-refractivity contribution in [3.05, 3.63) is 29.8 Å². The van der Waals surface area contributed by atoms with Crippen molar-refractivity contribution in [1.82, 2.24) is 10.6 Å². The van der Waals surface area contributed by atoms with Gasteiger partial charge in [0.2, 0.25) is 0 Å². The molecule has 0 aromatic heterocycles. The fourth-order valence-corrected chi connectivity index (χ4v) is 3.02. The minimum Gasteiger partial charge on any atom is -0.338 e. The Balaban J connectivity index is 1.81. The molecule has 1 saturated heterocycles. The first-order chi connectivity index (χ1) is 10.7. The highest BCUT2D eigenvalue weighted by Gasteiger charge is 2.14. The number of carbonyl (C=O) groups excluding carboxylic acids is 1. The van der Waals surface area contributed by atoms with Crippen molar-refractivity contribution in [2.24, 2.45) is 5.92 Å². The summed E-state index contributed by atoms with van der Waals surface area (Å²) in [5.74, 6) is 1.13. The molecule has 22 heavy (non-hydrogen) atoms. The van der Waals surface area contributed by atoms with E-state index in [4.69, 9.17) is 0 Å². The van der Waals surface area contributed by atoms with Crippen LogP contribution in [0.3, 0.4) is 0 Å². The van der Waals surface area contributed by atoms with Crippen LogP contribution in [0.15, 0.2) is 24.3 Å². The van der Waals surface area contributed by atoms with E-state index in [0.29, 0.717) is 11.8 Å². The number of benzene rings is 1. The van der Waals surface area contributed by atoms with Crippen LogP contribution in [0.4, 0.5) is 10.5 Å². The molecule has 1 heterocycles. The molecule has 1 fully saturated rings. The lowest BCUT2D eigenvalue weighted by Gasteiger charge is -2.22. The van der Waals surface area contributed by atoms with Gasteiger partial charge in [0.15, 0.2) is 0 Å². The molecule has 1 unspecified atom stereocenters. The Morgan fingerprint density at radius 2 is 2.14 bits per heavy atom. The first kappa shape index (κ1) is 16.8. The van der Waals surface area contributed by atoms with E-state index in [1.807, 2.05) is 12.1 Å². The maximum absolute atomic E-state index is 12.0. The molecular formula is C18H29N3O. The van der Waals surface area contributed by atoms with Crippen LogP contribution < -0.4 is 16.0 Å². The van der Waals surface area contributed by atoms with Crippen LogP contribution in [0.25, 0.3) is 0 Å². The molecule has 4 nitrogen and oxygen atoms in total. The summed E-state index contributed by atoms with van der Waals surface area (Å²) in [6.07, 6.45) is 4.63. The van der Waals surface area contributed by atoms with Gasteiger partial charge in [0.05, 0.1) is 0 Å². The number of piperidine rings is 1. The quantitative estimate of drug-likeness (QED) is 0.750. The third-order valence-electron chi connectivity index (χ3n) is 4.45. The zero-order valence-electron chi connectivity index (χ0n) is 13.8. The van der Waals surface area contributed by atoms with Crippen LogP contribution in [0.5, 0.6) is 0 Å². The first-order valence-corrected chi connectivity index (χ1v) is 8.54. The van der Waals surface area contributed by atoms with Crippen LogP contribution in [0, 0.1) is 5.92 Å². The van der Waals surface area contributed by atoms with Gasteiger partial charge in [-0.05, 0) is 61.9 Å². The molecule has 0 bridgehead atoms. The molecule has 0 saturated carbocycles. The number of urea groups is 1. The summed E-state index contributed by atoms with van der Waals surface area (Å²) >= 11 is 0. The van der Waals surface area contributed by atoms with E-state index < -0.39 is 0 Å². The molecule has 122 valence electrons. The molecule has 1 aliphatic heterocycles. The van der Waals surface area contributed by atoms with Gasteiger partial charge in [-0.15, -0.1) is 0 Å². The number of amides is 2. The maximum Gasteiger partial charge on any atom is 0.319 e. The van der Waals surface area contributed by atoms with E-state index in [-0.39, 0.29) is 6.03 Å². The molecule has 1 aromatic rings. The van der Waals surface area contributed by atoms with E-state index in [9.17, 15) is 4.79 Å². The number of carbonyl (C=O) groups is 1. The highest BCUT2D eigenvalue weighted by atomic mass is 16.2. The van der Waals surface area contributed by atoms with Crippen molar-refractivity contribution in [2.45, 2.75) is 45.4 Å². The molecule has 4 heteroatoms. The number of hydrogen-bond donors (Lipinski definition) is 3. The van der Waals surface area contributed by atoms with E-state index in [0.717, 1.165) is 38.2 Å². The molecule has 2 amide bonds. The van der Waals surface area contributed by atoms with Crippen LogP contribution >= 0.6 is 0 Å². The Labute approximate surface area is 134 Å². The fourth-order valence-electron chi connectivity index (χ4n) is 3.02. The Morgan fingerprint density at radius 1 is 1.36 bits per heavy atom. The van der Waals surface area contributed by atoms with E-state index in [1.165, 1.54) is 18.4 Å². The second-order valence-corrected chi connectivity index (χ2v) is 6.34. The monoisotopic (exact) mass is 303 g/mol. The van der Waals surface area contributed by atoms with Gasteiger partial charge in [-0.3, -0.25) is 0 Å². The van der Waals surface area contributed by atoms with E-state index in [1.54, 1.807) is 0 Å².